The molecule has 3 rings (SSSR count). The highest BCUT2D eigenvalue weighted by Gasteiger charge is 2.32. The highest BCUT2D eigenvalue weighted by Crippen LogP contribution is 2.29. The molecule has 0 spiro atoms. The molecule has 0 aliphatic rings. The van der Waals surface area contributed by atoms with Crippen LogP contribution in [-0.2, 0) is 28.9 Å². The molecule has 1 unspecified atom stereocenters. The first-order valence-corrected chi connectivity index (χ1v) is 11.3. The van der Waals surface area contributed by atoms with Crippen LogP contribution in [-0.4, -0.2) is 37.3 Å². The second kappa shape index (κ2) is 10.9. The number of pyridine rings is 2. The van der Waals surface area contributed by atoms with Crippen LogP contribution in [0.25, 0.3) is 11.1 Å². The van der Waals surface area contributed by atoms with Crippen molar-refractivity contribution in [1.82, 2.24) is 19.6 Å². The lowest BCUT2D eigenvalue weighted by atomic mass is 10.1. The molecule has 2 aromatic heterocycles. The molecule has 3 aromatic rings. The van der Waals surface area contributed by atoms with Crippen LogP contribution in [0.4, 0.5) is 17.6 Å². The molecule has 0 bridgehead atoms. The fourth-order valence-corrected chi connectivity index (χ4v) is 4.25. The average molecular weight is 495 g/mol. The van der Waals surface area contributed by atoms with Crippen LogP contribution in [0.2, 0.25) is 0 Å². The highest BCUT2D eigenvalue weighted by molar-refractivity contribution is 7.89. The predicted molar refractivity (Wildman–Crippen MR) is 119 cm³/mol. The molecule has 0 aliphatic heterocycles. The molecule has 6 nitrogen and oxygen atoms in total. The molecule has 0 radical (unpaired) electrons. The van der Waals surface area contributed by atoms with Gasteiger partial charge >= 0.3 is 6.18 Å². The summed E-state index contributed by atoms with van der Waals surface area (Å²) in [5, 5.41) is 2.71. The van der Waals surface area contributed by atoms with Gasteiger partial charge in [0.1, 0.15) is 18.1 Å². The first-order valence-electron chi connectivity index (χ1n) is 10.2. The largest absolute Gasteiger partial charge is 0.593 e. The molecule has 180 valence electrons. The number of aromatic nitrogens is 2. The lowest BCUT2D eigenvalue weighted by Gasteiger charge is -2.26. The Labute approximate surface area is 197 Å². The summed E-state index contributed by atoms with van der Waals surface area (Å²) in [5.74, 6) is -0.844. The quantitative estimate of drug-likeness (QED) is 0.372. The number of carbonyl (C=O) groups is 1. The Morgan fingerprint density at radius 1 is 1.09 bits per heavy atom. The molecule has 1 aromatic carbocycles. The first-order chi connectivity index (χ1) is 16.0. The SMILES string of the molecule is CC(C)N(CC(=O)NCc1cc(-c2ccc(C(F)(F)F)nc2)ccn1)[S+]([O-])c1ccc(F)cc1. The van der Waals surface area contributed by atoms with Crippen molar-refractivity contribution in [3.05, 3.63) is 78.1 Å². The highest BCUT2D eigenvalue weighted by atomic mass is 32.2. The minimum Gasteiger partial charge on any atom is -0.593 e. The maximum absolute atomic E-state index is 13.2. The van der Waals surface area contributed by atoms with E-state index in [-0.39, 0.29) is 19.1 Å². The smallest absolute Gasteiger partial charge is 0.433 e. The van der Waals surface area contributed by atoms with E-state index in [0.29, 0.717) is 21.7 Å². The molecule has 0 saturated heterocycles. The number of hydrogen-bond donors (Lipinski definition) is 1. The standard InChI is InChI=1S/C23H22F4N4O2S/c1-15(2)31(34(33)20-6-4-18(24)5-7-20)14-22(32)30-13-19-11-16(9-10-28-19)17-3-8-21(29-12-17)23(25,26)27/h3-12,15H,13-14H2,1-2H3,(H,30,32). The Hall–Kier alpha value is -3.02. The lowest BCUT2D eigenvalue weighted by molar-refractivity contribution is -0.141. The third-order valence-corrected chi connectivity index (χ3v) is 6.43. The van der Waals surface area contributed by atoms with E-state index in [1.165, 1.54) is 40.8 Å². The third-order valence-electron chi connectivity index (χ3n) is 4.77. The lowest BCUT2D eigenvalue weighted by Crippen LogP contribution is -2.44. The predicted octanol–water partition coefficient (Wildman–Crippen LogP) is 4.35. The second-order valence-corrected chi connectivity index (χ2v) is 9.05. The monoisotopic (exact) mass is 494 g/mol. The maximum atomic E-state index is 13.2. The minimum absolute atomic E-state index is 0.0653. The molecular weight excluding hydrogens is 472 g/mol. The van der Waals surface area contributed by atoms with E-state index < -0.39 is 35.0 Å². The summed E-state index contributed by atoms with van der Waals surface area (Å²) in [6.45, 7) is 3.48. The van der Waals surface area contributed by atoms with Crippen molar-refractivity contribution in [2.24, 2.45) is 0 Å². The van der Waals surface area contributed by atoms with Crippen LogP contribution in [0.5, 0.6) is 0 Å². The topological polar surface area (TPSA) is 81.2 Å². The Morgan fingerprint density at radius 2 is 1.79 bits per heavy atom. The van der Waals surface area contributed by atoms with Gasteiger partial charge in [-0.3, -0.25) is 14.8 Å². The summed E-state index contributed by atoms with van der Waals surface area (Å²) in [6, 6.07) is 10.5. The number of benzene rings is 1. The van der Waals surface area contributed by atoms with Crippen LogP contribution < -0.4 is 5.32 Å². The summed E-state index contributed by atoms with van der Waals surface area (Å²) in [4.78, 5) is 20.5. The number of hydrogen-bond acceptors (Lipinski definition) is 5. The fraction of sp³-hybridized carbons (Fsp3) is 0.261. The van der Waals surface area contributed by atoms with Crippen molar-refractivity contribution >= 4 is 17.3 Å². The molecule has 34 heavy (non-hydrogen) atoms. The Balaban J connectivity index is 1.63. The van der Waals surface area contributed by atoms with Gasteiger partial charge in [0.15, 0.2) is 4.90 Å². The molecule has 11 heteroatoms. The van der Waals surface area contributed by atoms with Gasteiger partial charge in [-0.1, -0.05) is 6.07 Å². The molecular formula is C23H22F4N4O2S. The normalized spacial score (nSPS) is 12.7. The van der Waals surface area contributed by atoms with Gasteiger partial charge in [-0.25, -0.2) is 4.39 Å². The van der Waals surface area contributed by atoms with Crippen LogP contribution in [0.1, 0.15) is 25.2 Å². The Kier molecular flexibility index (Phi) is 8.24. The molecule has 1 atom stereocenters. The summed E-state index contributed by atoms with van der Waals surface area (Å²) >= 11 is -1.66. The first kappa shape index (κ1) is 25.6. The van der Waals surface area contributed by atoms with E-state index in [1.54, 1.807) is 26.0 Å². The van der Waals surface area contributed by atoms with E-state index >= 15 is 0 Å². The molecule has 1 N–H and O–H groups in total. The van der Waals surface area contributed by atoms with E-state index in [9.17, 15) is 26.9 Å². The molecule has 2 heterocycles. The van der Waals surface area contributed by atoms with E-state index in [2.05, 4.69) is 15.3 Å². The zero-order valence-electron chi connectivity index (χ0n) is 18.3. The van der Waals surface area contributed by atoms with Gasteiger partial charge in [-0.15, -0.1) is 4.31 Å². The average Bonchev–Trinajstić information content (AvgIpc) is 2.81. The van der Waals surface area contributed by atoms with E-state index in [4.69, 9.17) is 0 Å². The van der Waals surface area contributed by atoms with Crippen molar-refractivity contribution in [3.8, 4) is 11.1 Å². The van der Waals surface area contributed by atoms with Gasteiger partial charge in [-0.2, -0.15) is 13.2 Å². The van der Waals surface area contributed by atoms with Gasteiger partial charge < -0.3 is 9.87 Å². The molecule has 0 saturated carbocycles. The number of rotatable bonds is 8. The number of nitrogens with zero attached hydrogens (tertiary/aromatic N) is 3. The van der Waals surface area contributed by atoms with Crippen LogP contribution in [0.3, 0.4) is 0 Å². The van der Waals surface area contributed by atoms with Crippen LogP contribution >= 0.6 is 0 Å². The van der Waals surface area contributed by atoms with Gasteiger partial charge in [0.2, 0.25) is 5.91 Å². The maximum Gasteiger partial charge on any atom is 0.433 e. The summed E-state index contributed by atoms with van der Waals surface area (Å²) in [6.07, 6.45) is -1.90. The summed E-state index contributed by atoms with van der Waals surface area (Å²) in [5.41, 5.74) is 0.581. The number of nitrogens with one attached hydrogen (secondary N) is 1. The number of alkyl halides is 3. The van der Waals surface area contributed by atoms with Crippen molar-refractivity contribution in [3.63, 3.8) is 0 Å². The van der Waals surface area contributed by atoms with Crippen molar-refractivity contribution in [1.29, 1.82) is 0 Å². The zero-order valence-corrected chi connectivity index (χ0v) is 19.2. The zero-order chi connectivity index (χ0) is 24.9. The number of carbonyl (C=O) groups excluding carboxylic acids is 1. The summed E-state index contributed by atoms with van der Waals surface area (Å²) in [7, 11) is 0. The molecule has 0 aliphatic carbocycles. The van der Waals surface area contributed by atoms with Crippen molar-refractivity contribution in [2.75, 3.05) is 6.54 Å². The third kappa shape index (κ3) is 6.75. The Bertz CT molecular complexity index is 1110. The van der Waals surface area contributed by atoms with E-state index in [0.717, 1.165) is 12.3 Å². The number of amides is 1. The fourth-order valence-electron chi connectivity index (χ4n) is 2.99. The van der Waals surface area contributed by atoms with Gasteiger partial charge in [0.25, 0.3) is 0 Å². The Morgan fingerprint density at radius 3 is 2.38 bits per heavy atom. The molecule has 0 fully saturated rings. The van der Waals surface area contributed by atoms with Gasteiger partial charge in [-0.05, 0) is 61.9 Å². The minimum atomic E-state index is -4.52. The second-order valence-electron chi connectivity index (χ2n) is 7.61. The molecule has 1 amide bonds. The van der Waals surface area contributed by atoms with Crippen molar-refractivity contribution < 1.29 is 26.9 Å². The van der Waals surface area contributed by atoms with Gasteiger partial charge in [0, 0.05) is 18.0 Å². The summed E-state index contributed by atoms with van der Waals surface area (Å²) < 4.78 is 65.6. The van der Waals surface area contributed by atoms with E-state index in [1.807, 2.05) is 0 Å². The van der Waals surface area contributed by atoms with Crippen LogP contribution in [0.15, 0.2) is 65.8 Å². The van der Waals surface area contributed by atoms with Gasteiger partial charge in [0.05, 0.1) is 29.6 Å². The van der Waals surface area contributed by atoms with Crippen molar-refractivity contribution in [2.45, 2.75) is 37.5 Å². The number of halogens is 4. The van der Waals surface area contributed by atoms with Crippen LogP contribution in [0, 0.1) is 5.82 Å².